The molecule has 0 atom stereocenters. The van der Waals surface area contributed by atoms with E-state index in [1.807, 2.05) is 0 Å². The third-order valence-corrected chi connectivity index (χ3v) is 2.41. The van der Waals surface area contributed by atoms with Crippen molar-refractivity contribution in [2.45, 2.75) is 0 Å². The number of rotatable bonds is 3. The molecule has 2 rings (SSSR count). The van der Waals surface area contributed by atoms with Gasteiger partial charge in [0.1, 0.15) is 11.5 Å². The molecule has 1 amide bonds. The number of amides is 1. The molecule has 2 aromatic rings. The minimum Gasteiger partial charge on any atom is -0.477 e. The summed E-state index contributed by atoms with van der Waals surface area (Å²) < 4.78 is 14.0. The number of carbonyl (C=O) groups is 2. The summed E-state index contributed by atoms with van der Waals surface area (Å²) in [6.45, 7) is 0. The molecule has 1 heterocycles. The largest absolute Gasteiger partial charge is 0.477 e. The molecule has 98 valence electrons. The molecule has 7 heteroatoms. The Hall–Kier alpha value is -2.70. The van der Waals surface area contributed by atoms with E-state index < -0.39 is 17.7 Å². The summed E-state index contributed by atoms with van der Waals surface area (Å²) in [4.78, 5) is 22.6. The molecule has 2 N–H and O–H groups in total. The van der Waals surface area contributed by atoms with Crippen molar-refractivity contribution in [2.24, 2.45) is 7.05 Å². The number of halogens is 1. The minimum atomic E-state index is -1.18. The highest BCUT2D eigenvalue weighted by Crippen LogP contribution is 2.11. The van der Waals surface area contributed by atoms with E-state index in [-0.39, 0.29) is 17.1 Å². The number of anilines is 1. The Morgan fingerprint density at radius 3 is 2.68 bits per heavy atom. The topological polar surface area (TPSA) is 84.2 Å². The molecule has 0 unspecified atom stereocenters. The molecule has 19 heavy (non-hydrogen) atoms. The molecule has 0 spiro atoms. The van der Waals surface area contributed by atoms with Crippen LogP contribution in [0.2, 0.25) is 0 Å². The molecule has 1 aromatic carbocycles. The van der Waals surface area contributed by atoms with Gasteiger partial charge >= 0.3 is 5.97 Å². The first-order valence-corrected chi connectivity index (χ1v) is 5.31. The highest BCUT2D eigenvalue weighted by molar-refractivity contribution is 6.04. The monoisotopic (exact) mass is 263 g/mol. The van der Waals surface area contributed by atoms with Gasteiger partial charge in [0, 0.05) is 18.8 Å². The van der Waals surface area contributed by atoms with E-state index in [1.54, 1.807) is 0 Å². The van der Waals surface area contributed by atoms with Crippen molar-refractivity contribution in [1.82, 2.24) is 9.78 Å². The van der Waals surface area contributed by atoms with Crippen LogP contribution in [0.4, 0.5) is 10.1 Å². The van der Waals surface area contributed by atoms with Gasteiger partial charge in [-0.25, -0.2) is 9.18 Å². The van der Waals surface area contributed by atoms with Gasteiger partial charge in [0.15, 0.2) is 5.69 Å². The van der Waals surface area contributed by atoms with Gasteiger partial charge in [-0.15, -0.1) is 0 Å². The maximum absolute atomic E-state index is 12.9. The second-order valence-corrected chi connectivity index (χ2v) is 3.81. The smallest absolute Gasteiger partial charge is 0.354 e. The van der Waals surface area contributed by atoms with Crippen molar-refractivity contribution in [3.63, 3.8) is 0 Å². The number of aromatic carboxylic acids is 1. The van der Waals surface area contributed by atoms with Crippen LogP contribution in [0.25, 0.3) is 0 Å². The van der Waals surface area contributed by atoms with Gasteiger partial charge in [-0.1, -0.05) is 6.07 Å². The predicted octanol–water partition coefficient (Wildman–Crippen LogP) is 1.51. The Kier molecular flexibility index (Phi) is 3.28. The molecular formula is C12H10FN3O3. The van der Waals surface area contributed by atoms with E-state index in [0.29, 0.717) is 0 Å². The SMILES string of the molecule is Cn1nc(C(=O)Nc2cccc(F)c2)cc1C(=O)O. The maximum Gasteiger partial charge on any atom is 0.354 e. The fourth-order valence-corrected chi connectivity index (χ4v) is 1.54. The normalized spacial score (nSPS) is 10.2. The van der Waals surface area contributed by atoms with Gasteiger partial charge in [0.05, 0.1) is 0 Å². The van der Waals surface area contributed by atoms with Crippen molar-refractivity contribution in [1.29, 1.82) is 0 Å². The Morgan fingerprint density at radius 1 is 1.37 bits per heavy atom. The van der Waals surface area contributed by atoms with Gasteiger partial charge in [0.25, 0.3) is 5.91 Å². The van der Waals surface area contributed by atoms with Crippen LogP contribution < -0.4 is 5.32 Å². The first-order chi connectivity index (χ1) is 8.97. The highest BCUT2D eigenvalue weighted by atomic mass is 19.1. The Labute approximate surface area is 107 Å². The average Bonchev–Trinajstić information content (AvgIpc) is 2.71. The molecule has 0 saturated heterocycles. The molecule has 0 aliphatic carbocycles. The summed E-state index contributed by atoms with van der Waals surface area (Å²) >= 11 is 0. The van der Waals surface area contributed by atoms with Crippen LogP contribution in [-0.4, -0.2) is 26.8 Å². The van der Waals surface area contributed by atoms with Gasteiger partial charge in [-0.2, -0.15) is 5.10 Å². The molecule has 0 aliphatic rings. The molecule has 0 bridgehead atoms. The van der Waals surface area contributed by atoms with Gasteiger partial charge < -0.3 is 10.4 Å². The highest BCUT2D eigenvalue weighted by Gasteiger charge is 2.16. The van der Waals surface area contributed by atoms with E-state index in [0.717, 1.165) is 16.8 Å². The molecule has 0 aliphatic heterocycles. The molecule has 6 nitrogen and oxygen atoms in total. The lowest BCUT2D eigenvalue weighted by molar-refractivity contribution is 0.0685. The van der Waals surface area contributed by atoms with Crippen molar-refractivity contribution < 1.29 is 19.1 Å². The molecule has 1 aromatic heterocycles. The number of aromatic nitrogens is 2. The Bertz CT molecular complexity index is 651. The number of hydrogen-bond donors (Lipinski definition) is 2. The maximum atomic E-state index is 12.9. The van der Waals surface area contributed by atoms with Crippen LogP contribution >= 0.6 is 0 Å². The molecule has 0 radical (unpaired) electrons. The number of benzene rings is 1. The number of carboxylic acid groups (broad SMARTS) is 1. The van der Waals surface area contributed by atoms with E-state index in [2.05, 4.69) is 10.4 Å². The zero-order chi connectivity index (χ0) is 14.0. The number of carboxylic acids is 1. The first kappa shape index (κ1) is 12.7. The van der Waals surface area contributed by atoms with Crippen LogP contribution in [0.1, 0.15) is 21.0 Å². The Balaban J connectivity index is 2.21. The third-order valence-electron chi connectivity index (χ3n) is 2.41. The van der Waals surface area contributed by atoms with Crippen LogP contribution in [0.3, 0.4) is 0 Å². The summed E-state index contributed by atoms with van der Waals surface area (Å²) in [7, 11) is 1.42. The number of hydrogen-bond acceptors (Lipinski definition) is 3. The van der Waals surface area contributed by atoms with E-state index >= 15 is 0 Å². The summed E-state index contributed by atoms with van der Waals surface area (Å²) in [6, 6.07) is 6.52. The summed E-state index contributed by atoms with van der Waals surface area (Å²) in [5.41, 5.74) is 0.112. The van der Waals surface area contributed by atoms with Gasteiger partial charge in [-0.05, 0) is 18.2 Å². The minimum absolute atomic E-state index is 0.0517. The van der Waals surface area contributed by atoms with E-state index in [9.17, 15) is 14.0 Å². The van der Waals surface area contributed by atoms with Crippen molar-refractivity contribution >= 4 is 17.6 Å². The molecule has 0 saturated carbocycles. The first-order valence-electron chi connectivity index (χ1n) is 5.31. The second kappa shape index (κ2) is 4.89. The van der Waals surface area contributed by atoms with Crippen LogP contribution in [-0.2, 0) is 7.05 Å². The van der Waals surface area contributed by atoms with E-state index in [1.165, 1.54) is 25.2 Å². The van der Waals surface area contributed by atoms with Crippen molar-refractivity contribution in [2.75, 3.05) is 5.32 Å². The van der Waals surface area contributed by atoms with Crippen molar-refractivity contribution in [3.05, 3.63) is 47.5 Å². The van der Waals surface area contributed by atoms with Crippen LogP contribution in [0.15, 0.2) is 30.3 Å². The summed E-state index contributed by atoms with van der Waals surface area (Å²) in [5.74, 6) is -2.27. The zero-order valence-corrected chi connectivity index (χ0v) is 9.92. The fourth-order valence-electron chi connectivity index (χ4n) is 1.54. The Morgan fingerprint density at radius 2 is 2.11 bits per heavy atom. The quantitative estimate of drug-likeness (QED) is 0.879. The van der Waals surface area contributed by atoms with Crippen LogP contribution in [0, 0.1) is 5.82 Å². The number of carbonyl (C=O) groups excluding carboxylic acids is 1. The lowest BCUT2D eigenvalue weighted by Gasteiger charge is -2.02. The van der Waals surface area contributed by atoms with E-state index in [4.69, 9.17) is 5.11 Å². The predicted molar refractivity (Wildman–Crippen MR) is 64.5 cm³/mol. The lowest BCUT2D eigenvalue weighted by atomic mass is 10.3. The fraction of sp³-hybridized carbons (Fsp3) is 0.0833. The molecule has 0 fully saturated rings. The number of nitrogens with one attached hydrogen (secondary N) is 1. The summed E-state index contributed by atoms with van der Waals surface area (Å²) in [6.07, 6.45) is 0. The van der Waals surface area contributed by atoms with Crippen LogP contribution in [0.5, 0.6) is 0 Å². The van der Waals surface area contributed by atoms with Gasteiger partial charge in [0.2, 0.25) is 0 Å². The molecular weight excluding hydrogens is 253 g/mol. The average molecular weight is 263 g/mol. The number of nitrogens with zero attached hydrogens (tertiary/aromatic N) is 2. The van der Waals surface area contributed by atoms with Gasteiger partial charge in [-0.3, -0.25) is 9.48 Å². The zero-order valence-electron chi connectivity index (χ0n) is 9.92. The third kappa shape index (κ3) is 2.76. The van der Waals surface area contributed by atoms with Crippen molar-refractivity contribution in [3.8, 4) is 0 Å². The summed E-state index contributed by atoms with van der Waals surface area (Å²) in [5, 5.41) is 15.1. The number of aryl methyl sites for hydroxylation is 1. The lowest BCUT2D eigenvalue weighted by Crippen LogP contribution is -2.13. The standard InChI is InChI=1S/C12H10FN3O3/c1-16-10(12(18)19)6-9(15-16)11(17)14-8-4-2-3-7(13)5-8/h2-6H,1H3,(H,14,17)(H,18,19). The second-order valence-electron chi connectivity index (χ2n) is 3.81.